The number of hydrogen-bond acceptors (Lipinski definition) is 3. The molecule has 3 heterocycles. The lowest BCUT2D eigenvalue weighted by molar-refractivity contribution is -0.123. The first-order chi connectivity index (χ1) is 16.1. The standard InChI is InChI=1S/C26H32N4O3/c31-24-12-6-11-23-20-13-19(16-30(23)24)15-29(17-20)26(33)28-22(14-18-7-2-1-3-8-18)25(32)27-21-9-4-5-10-21/h1-3,6-8,11-12,19-22H,4-5,9-10,13-17H2,(H,27,32)(H,28,33)/t19-,20+,22+/m1/s1. The maximum absolute atomic E-state index is 13.3. The van der Waals surface area contributed by atoms with E-state index in [9.17, 15) is 14.4 Å². The molecule has 0 spiro atoms. The number of rotatable bonds is 5. The number of fused-ring (bicyclic) bond motifs is 4. The van der Waals surface area contributed by atoms with Crippen LogP contribution in [0.1, 0.15) is 49.3 Å². The van der Waals surface area contributed by atoms with Crippen molar-refractivity contribution in [1.82, 2.24) is 20.1 Å². The number of nitrogens with zero attached hydrogens (tertiary/aromatic N) is 2. The second-order valence-electron chi connectivity index (χ2n) is 9.78. The Morgan fingerprint density at radius 2 is 1.76 bits per heavy atom. The molecule has 2 aliphatic heterocycles. The lowest BCUT2D eigenvalue weighted by Gasteiger charge is -2.43. The van der Waals surface area contributed by atoms with Gasteiger partial charge in [-0.1, -0.05) is 49.2 Å². The van der Waals surface area contributed by atoms with Gasteiger partial charge < -0.3 is 20.1 Å². The molecule has 5 rings (SSSR count). The molecular weight excluding hydrogens is 416 g/mol. The van der Waals surface area contributed by atoms with E-state index in [2.05, 4.69) is 10.6 Å². The monoisotopic (exact) mass is 448 g/mol. The van der Waals surface area contributed by atoms with Gasteiger partial charge in [0.15, 0.2) is 0 Å². The Kier molecular flexibility index (Phi) is 6.20. The molecule has 1 saturated carbocycles. The molecule has 33 heavy (non-hydrogen) atoms. The Balaban J connectivity index is 1.29. The molecule has 2 bridgehead atoms. The molecule has 2 N–H and O–H groups in total. The third kappa shape index (κ3) is 4.82. The van der Waals surface area contributed by atoms with Gasteiger partial charge in [-0.25, -0.2) is 4.79 Å². The largest absolute Gasteiger partial charge is 0.352 e. The molecule has 7 heteroatoms. The zero-order valence-corrected chi connectivity index (χ0v) is 18.9. The van der Waals surface area contributed by atoms with Crippen LogP contribution in [-0.2, 0) is 17.8 Å². The van der Waals surface area contributed by atoms with E-state index < -0.39 is 6.04 Å². The fourth-order valence-corrected chi connectivity index (χ4v) is 5.73. The van der Waals surface area contributed by atoms with Gasteiger partial charge in [-0.15, -0.1) is 0 Å². The van der Waals surface area contributed by atoms with Gasteiger partial charge in [0, 0.05) is 49.8 Å². The number of carbonyl (C=O) groups excluding carboxylic acids is 2. The summed E-state index contributed by atoms with van der Waals surface area (Å²) in [6, 6.07) is 14.6. The van der Waals surface area contributed by atoms with E-state index in [4.69, 9.17) is 0 Å². The van der Waals surface area contributed by atoms with Crippen LogP contribution < -0.4 is 16.2 Å². The van der Waals surface area contributed by atoms with Crippen molar-refractivity contribution in [3.8, 4) is 0 Å². The van der Waals surface area contributed by atoms with Gasteiger partial charge in [0.2, 0.25) is 5.91 Å². The van der Waals surface area contributed by atoms with Crippen LogP contribution in [0.15, 0.2) is 53.3 Å². The molecule has 2 fully saturated rings. The average Bonchev–Trinajstić information content (AvgIpc) is 3.33. The van der Waals surface area contributed by atoms with Crippen molar-refractivity contribution in [2.45, 2.75) is 63.1 Å². The quantitative estimate of drug-likeness (QED) is 0.738. The first kappa shape index (κ1) is 21.7. The highest BCUT2D eigenvalue weighted by Gasteiger charge is 2.37. The van der Waals surface area contributed by atoms with Crippen molar-refractivity contribution >= 4 is 11.9 Å². The second kappa shape index (κ2) is 9.41. The number of amides is 3. The lowest BCUT2D eigenvalue weighted by atomic mass is 9.83. The smallest absolute Gasteiger partial charge is 0.318 e. The molecule has 0 unspecified atom stereocenters. The predicted octanol–water partition coefficient (Wildman–Crippen LogP) is 2.65. The molecule has 1 aromatic carbocycles. The van der Waals surface area contributed by atoms with Gasteiger partial charge in [0.05, 0.1) is 0 Å². The number of nitrogens with one attached hydrogen (secondary N) is 2. The van der Waals surface area contributed by atoms with Crippen LogP contribution in [0.25, 0.3) is 0 Å². The normalized spacial score (nSPS) is 23.0. The third-order valence-electron chi connectivity index (χ3n) is 7.37. The van der Waals surface area contributed by atoms with E-state index in [0.29, 0.717) is 26.1 Å². The van der Waals surface area contributed by atoms with Crippen LogP contribution in [-0.4, -0.2) is 46.6 Å². The Morgan fingerprint density at radius 3 is 2.55 bits per heavy atom. The Morgan fingerprint density at radius 1 is 0.970 bits per heavy atom. The van der Waals surface area contributed by atoms with Crippen LogP contribution >= 0.6 is 0 Å². The number of likely N-dealkylation sites (tertiary alicyclic amines) is 1. The van der Waals surface area contributed by atoms with Gasteiger partial charge in [-0.3, -0.25) is 9.59 Å². The number of hydrogen-bond donors (Lipinski definition) is 2. The Hall–Kier alpha value is -3.09. The summed E-state index contributed by atoms with van der Waals surface area (Å²) >= 11 is 0. The van der Waals surface area contributed by atoms with Crippen molar-refractivity contribution in [2.24, 2.45) is 5.92 Å². The minimum atomic E-state index is -0.614. The highest BCUT2D eigenvalue weighted by Crippen LogP contribution is 2.34. The minimum Gasteiger partial charge on any atom is -0.352 e. The number of carbonyl (C=O) groups is 2. The first-order valence-electron chi connectivity index (χ1n) is 12.2. The summed E-state index contributed by atoms with van der Waals surface area (Å²) in [6.45, 7) is 1.81. The Labute approximate surface area is 194 Å². The molecule has 3 aliphatic rings. The second-order valence-corrected chi connectivity index (χ2v) is 9.78. The summed E-state index contributed by atoms with van der Waals surface area (Å²) < 4.78 is 1.86. The fraction of sp³-hybridized carbons (Fsp3) is 0.500. The van der Waals surface area contributed by atoms with Gasteiger partial charge in [0.25, 0.3) is 5.56 Å². The van der Waals surface area contributed by atoms with E-state index in [1.165, 1.54) is 0 Å². The molecular formula is C26H32N4O3. The van der Waals surface area contributed by atoms with E-state index in [0.717, 1.165) is 43.4 Å². The van der Waals surface area contributed by atoms with Crippen LogP contribution in [0.2, 0.25) is 0 Å². The highest BCUT2D eigenvalue weighted by atomic mass is 16.2. The van der Waals surface area contributed by atoms with E-state index in [1.807, 2.05) is 45.9 Å². The molecule has 1 saturated heterocycles. The van der Waals surface area contributed by atoms with Gasteiger partial charge in [-0.2, -0.15) is 0 Å². The summed E-state index contributed by atoms with van der Waals surface area (Å²) in [5.41, 5.74) is 2.07. The number of urea groups is 1. The Bertz CT molecular complexity index is 1060. The van der Waals surface area contributed by atoms with Crippen LogP contribution in [0.4, 0.5) is 4.79 Å². The lowest BCUT2D eigenvalue weighted by Crippen LogP contribution is -2.57. The van der Waals surface area contributed by atoms with Crippen LogP contribution in [0.3, 0.4) is 0 Å². The average molecular weight is 449 g/mol. The predicted molar refractivity (Wildman–Crippen MR) is 126 cm³/mol. The summed E-state index contributed by atoms with van der Waals surface area (Å²) in [7, 11) is 0. The number of benzene rings is 1. The molecule has 2 aromatic rings. The highest BCUT2D eigenvalue weighted by molar-refractivity contribution is 5.87. The molecule has 3 atom stereocenters. The molecule has 174 valence electrons. The molecule has 7 nitrogen and oxygen atoms in total. The molecule has 1 aromatic heterocycles. The zero-order chi connectivity index (χ0) is 22.8. The summed E-state index contributed by atoms with van der Waals surface area (Å²) in [5, 5.41) is 6.20. The van der Waals surface area contributed by atoms with Crippen LogP contribution in [0.5, 0.6) is 0 Å². The fourth-order valence-electron chi connectivity index (χ4n) is 5.73. The maximum Gasteiger partial charge on any atom is 0.318 e. The van der Waals surface area contributed by atoms with Crippen molar-refractivity contribution < 1.29 is 9.59 Å². The first-order valence-corrected chi connectivity index (χ1v) is 12.2. The summed E-state index contributed by atoms with van der Waals surface area (Å²) in [4.78, 5) is 40.6. The van der Waals surface area contributed by atoms with Gasteiger partial charge in [0.1, 0.15) is 6.04 Å². The van der Waals surface area contributed by atoms with E-state index >= 15 is 0 Å². The van der Waals surface area contributed by atoms with Gasteiger partial charge in [-0.05, 0) is 36.8 Å². The SMILES string of the molecule is O=C(NC1CCCC1)[C@H](Cc1ccccc1)NC(=O)N1C[C@H]2C[C@@H](C1)c1cccc(=O)n1C2. The molecule has 3 amide bonds. The van der Waals surface area contributed by atoms with Crippen molar-refractivity contribution in [3.63, 3.8) is 0 Å². The third-order valence-corrected chi connectivity index (χ3v) is 7.37. The number of aromatic nitrogens is 1. The summed E-state index contributed by atoms with van der Waals surface area (Å²) in [6.07, 6.45) is 5.74. The maximum atomic E-state index is 13.3. The summed E-state index contributed by atoms with van der Waals surface area (Å²) in [5.74, 6) is 0.298. The van der Waals surface area contributed by atoms with Crippen molar-refractivity contribution in [1.29, 1.82) is 0 Å². The molecule has 1 aliphatic carbocycles. The van der Waals surface area contributed by atoms with E-state index in [1.54, 1.807) is 12.1 Å². The van der Waals surface area contributed by atoms with Crippen LogP contribution in [0, 0.1) is 5.92 Å². The van der Waals surface area contributed by atoms with Crippen molar-refractivity contribution in [2.75, 3.05) is 13.1 Å². The number of piperidine rings is 1. The minimum absolute atomic E-state index is 0.0339. The topological polar surface area (TPSA) is 83.4 Å². The number of pyridine rings is 1. The molecule has 0 radical (unpaired) electrons. The van der Waals surface area contributed by atoms with E-state index in [-0.39, 0.29) is 35.4 Å². The van der Waals surface area contributed by atoms with Crippen molar-refractivity contribution in [3.05, 3.63) is 70.1 Å². The zero-order valence-electron chi connectivity index (χ0n) is 18.9. The van der Waals surface area contributed by atoms with Gasteiger partial charge >= 0.3 is 6.03 Å².